The van der Waals surface area contributed by atoms with Gasteiger partial charge in [0.1, 0.15) is 6.10 Å². The first-order valence-electron chi connectivity index (χ1n) is 9.90. The van der Waals surface area contributed by atoms with E-state index in [1.165, 1.54) is 0 Å². The highest BCUT2D eigenvalue weighted by Crippen LogP contribution is 2.42. The molecule has 0 amide bonds. The molecule has 2 saturated heterocycles. The van der Waals surface area contributed by atoms with Gasteiger partial charge in [0.2, 0.25) is 0 Å². The fraction of sp³-hybridized carbons (Fsp3) is 1.00. The maximum atomic E-state index is 12.6. The number of ether oxygens (including phenoxy) is 4. The number of rotatable bonds is 10. The van der Waals surface area contributed by atoms with Crippen molar-refractivity contribution in [1.29, 1.82) is 0 Å². The Morgan fingerprint density at radius 1 is 1.04 bits per heavy atom. The van der Waals surface area contributed by atoms with Crippen LogP contribution in [0.5, 0.6) is 0 Å². The molecule has 2 aliphatic rings. The van der Waals surface area contributed by atoms with Gasteiger partial charge in [0.25, 0.3) is 0 Å². The van der Waals surface area contributed by atoms with Crippen LogP contribution in [0.3, 0.4) is 0 Å². The van der Waals surface area contributed by atoms with Crippen molar-refractivity contribution in [2.45, 2.75) is 103 Å². The summed E-state index contributed by atoms with van der Waals surface area (Å²) in [6.45, 7) is 12.2. The Kier molecular flexibility index (Phi) is 8.71. The number of hydrogen-bond donors (Lipinski definition) is 2. The van der Waals surface area contributed by atoms with Gasteiger partial charge in [-0.1, -0.05) is 0 Å². The van der Waals surface area contributed by atoms with Crippen molar-refractivity contribution >= 4 is 7.75 Å². The zero-order valence-corrected chi connectivity index (χ0v) is 18.2. The summed E-state index contributed by atoms with van der Waals surface area (Å²) in [6, 6.07) is 0. The molecule has 2 unspecified atom stereocenters. The molecule has 0 aromatic rings. The third-order valence-electron chi connectivity index (χ3n) is 4.58. The van der Waals surface area contributed by atoms with Crippen molar-refractivity contribution in [2.24, 2.45) is 0 Å². The van der Waals surface area contributed by atoms with E-state index in [0.717, 1.165) is 6.42 Å². The van der Waals surface area contributed by atoms with E-state index in [1.54, 1.807) is 0 Å². The smallest absolute Gasteiger partial charge is 0.376 e. The van der Waals surface area contributed by atoms with Crippen molar-refractivity contribution in [3.63, 3.8) is 0 Å². The lowest BCUT2D eigenvalue weighted by Gasteiger charge is -2.25. The lowest BCUT2D eigenvalue weighted by atomic mass is 10.1. The summed E-state index contributed by atoms with van der Waals surface area (Å²) in [4.78, 5) is 10.3. The molecular weight excluding hydrogens is 373 g/mol. The molecular formula is C18H36NO7P. The molecule has 0 spiro atoms. The van der Waals surface area contributed by atoms with E-state index in [4.69, 9.17) is 23.5 Å². The number of hydrogen-bond acceptors (Lipinski definition) is 6. The molecule has 8 nitrogen and oxygen atoms in total. The highest BCUT2D eigenvalue weighted by molar-refractivity contribution is 7.50. The molecule has 0 saturated carbocycles. The monoisotopic (exact) mass is 409 g/mol. The van der Waals surface area contributed by atoms with Crippen molar-refractivity contribution in [1.82, 2.24) is 5.09 Å². The van der Waals surface area contributed by atoms with Crippen LogP contribution in [0.1, 0.15) is 54.4 Å². The Morgan fingerprint density at radius 2 is 1.63 bits per heavy atom. The van der Waals surface area contributed by atoms with Crippen LogP contribution in [0.2, 0.25) is 0 Å². The van der Waals surface area contributed by atoms with E-state index in [2.05, 4.69) is 5.09 Å². The molecule has 2 fully saturated rings. The minimum absolute atomic E-state index is 0.0430. The zero-order valence-electron chi connectivity index (χ0n) is 17.3. The summed E-state index contributed by atoms with van der Waals surface area (Å²) in [6.07, 6.45) is 0.223. The van der Waals surface area contributed by atoms with Gasteiger partial charge in [-0.2, -0.15) is 0 Å². The molecule has 2 heterocycles. The molecule has 27 heavy (non-hydrogen) atoms. The minimum atomic E-state index is -4.01. The molecule has 0 bridgehead atoms. The van der Waals surface area contributed by atoms with Crippen LogP contribution in [-0.2, 0) is 28.0 Å². The molecule has 0 aromatic carbocycles. The van der Waals surface area contributed by atoms with Gasteiger partial charge in [-0.3, -0.25) is 4.52 Å². The normalized spacial score (nSPS) is 36.6. The van der Waals surface area contributed by atoms with Gasteiger partial charge in [-0.15, -0.1) is 0 Å². The standard InChI is InChI=1S/C18H36NO7P/c1-11(2)22-10-18-16(8-14(6)25-18)26-27(20,21)19-9-17-15(23-12(3)4)7-13(5)24-17/h11-18H,7-10H2,1-6H3,(H2,19,20,21)/t13-,14-,15+,16+,17+,18?/m0/s1. The van der Waals surface area contributed by atoms with E-state index < -0.39 is 13.9 Å². The van der Waals surface area contributed by atoms with Crippen LogP contribution < -0.4 is 5.09 Å². The van der Waals surface area contributed by atoms with Crippen LogP contribution in [0.4, 0.5) is 0 Å². The topological polar surface area (TPSA) is 95.5 Å². The molecule has 7 atom stereocenters. The first-order valence-corrected chi connectivity index (χ1v) is 11.5. The lowest BCUT2D eigenvalue weighted by molar-refractivity contribution is -0.0532. The Hall–Kier alpha value is -0.0500. The van der Waals surface area contributed by atoms with E-state index in [1.807, 2.05) is 41.5 Å². The zero-order chi connectivity index (χ0) is 20.2. The van der Waals surface area contributed by atoms with E-state index >= 15 is 0 Å². The first kappa shape index (κ1) is 23.2. The third-order valence-corrected chi connectivity index (χ3v) is 5.72. The average Bonchev–Trinajstić information content (AvgIpc) is 3.04. The van der Waals surface area contributed by atoms with Crippen LogP contribution in [-0.4, -0.2) is 66.9 Å². The summed E-state index contributed by atoms with van der Waals surface area (Å²) in [5.74, 6) is 0. The van der Waals surface area contributed by atoms with Gasteiger partial charge < -0.3 is 23.8 Å². The van der Waals surface area contributed by atoms with Gasteiger partial charge in [0, 0.05) is 19.4 Å². The molecule has 2 rings (SSSR count). The van der Waals surface area contributed by atoms with Crippen LogP contribution in [0, 0.1) is 0 Å². The van der Waals surface area contributed by atoms with Crippen molar-refractivity contribution in [3.05, 3.63) is 0 Å². The molecule has 0 aromatic heterocycles. The minimum Gasteiger partial charge on any atom is -0.376 e. The fourth-order valence-electron chi connectivity index (χ4n) is 3.48. The molecule has 9 heteroatoms. The second kappa shape index (κ2) is 10.1. The molecule has 2 N–H and O–H groups in total. The molecule has 2 aliphatic heterocycles. The van der Waals surface area contributed by atoms with E-state index in [-0.39, 0.29) is 49.3 Å². The maximum Gasteiger partial charge on any atom is 0.403 e. The molecule has 160 valence electrons. The first-order chi connectivity index (χ1) is 12.6. The third kappa shape index (κ3) is 7.71. The molecule has 0 aliphatic carbocycles. The average molecular weight is 409 g/mol. The van der Waals surface area contributed by atoms with E-state index in [0.29, 0.717) is 13.0 Å². The lowest BCUT2D eigenvalue weighted by Crippen LogP contribution is -2.37. The predicted molar refractivity (Wildman–Crippen MR) is 102 cm³/mol. The largest absolute Gasteiger partial charge is 0.403 e. The summed E-state index contributed by atoms with van der Waals surface area (Å²) in [5, 5.41) is 2.64. The summed E-state index contributed by atoms with van der Waals surface area (Å²) in [5.41, 5.74) is 0. The van der Waals surface area contributed by atoms with Gasteiger partial charge in [-0.25, -0.2) is 9.65 Å². The van der Waals surface area contributed by atoms with Gasteiger partial charge >= 0.3 is 7.75 Å². The summed E-state index contributed by atoms with van der Waals surface area (Å²) >= 11 is 0. The van der Waals surface area contributed by atoms with E-state index in [9.17, 15) is 9.46 Å². The van der Waals surface area contributed by atoms with Crippen LogP contribution in [0.25, 0.3) is 0 Å². The quantitative estimate of drug-likeness (QED) is 0.532. The Morgan fingerprint density at radius 3 is 2.22 bits per heavy atom. The fourth-order valence-corrected chi connectivity index (χ4v) is 4.56. The number of nitrogens with one attached hydrogen (secondary N) is 1. The SMILES string of the molecule is CC(C)OCC1O[C@@H](C)C[C@H]1OP(=O)(O)NC[C@H]1O[C@@H](C)C[C@H]1OC(C)C. The highest BCUT2D eigenvalue weighted by atomic mass is 31.2. The molecule has 0 radical (unpaired) electrons. The predicted octanol–water partition coefficient (Wildman–Crippen LogP) is 2.64. The Labute approximate surface area is 162 Å². The van der Waals surface area contributed by atoms with Crippen molar-refractivity contribution < 1.29 is 32.9 Å². The van der Waals surface area contributed by atoms with Crippen molar-refractivity contribution in [2.75, 3.05) is 13.2 Å². The highest BCUT2D eigenvalue weighted by Gasteiger charge is 2.40. The van der Waals surface area contributed by atoms with Gasteiger partial charge in [0.05, 0.1) is 49.3 Å². The second-order valence-corrected chi connectivity index (χ2v) is 9.64. The maximum absolute atomic E-state index is 12.6. The van der Waals surface area contributed by atoms with Gasteiger partial charge in [0.15, 0.2) is 0 Å². The van der Waals surface area contributed by atoms with Crippen molar-refractivity contribution in [3.8, 4) is 0 Å². The summed E-state index contributed by atoms with van der Waals surface area (Å²) < 4.78 is 41.1. The second-order valence-electron chi connectivity index (χ2n) is 8.07. The van der Waals surface area contributed by atoms with Crippen LogP contribution >= 0.6 is 7.75 Å². The van der Waals surface area contributed by atoms with Crippen LogP contribution in [0.15, 0.2) is 0 Å². The van der Waals surface area contributed by atoms with Gasteiger partial charge in [-0.05, 0) is 41.5 Å². The Balaban J connectivity index is 1.87. The summed E-state index contributed by atoms with van der Waals surface area (Å²) in [7, 11) is -4.01. The Bertz CT molecular complexity index is 504.